The van der Waals surface area contributed by atoms with E-state index in [1.807, 2.05) is 0 Å². The number of carbonyl (C=O) groups is 1. The van der Waals surface area contributed by atoms with Gasteiger partial charge in [0.1, 0.15) is 11.4 Å². The summed E-state index contributed by atoms with van der Waals surface area (Å²) in [7, 11) is 0. The Hall–Kier alpha value is -1.44. The van der Waals surface area contributed by atoms with Crippen molar-refractivity contribution in [3.8, 4) is 5.75 Å². The summed E-state index contributed by atoms with van der Waals surface area (Å²) in [4.78, 5) is 13.6. The number of carbonyl (C=O) groups excluding carboxylic acids is 1. The van der Waals surface area contributed by atoms with Crippen LogP contribution in [0.2, 0.25) is 0 Å². The summed E-state index contributed by atoms with van der Waals surface area (Å²) >= 11 is 5.36. The molecule has 0 atom stereocenters. The van der Waals surface area contributed by atoms with Gasteiger partial charge in [-0.05, 0) is 11.6 Å². The van der Waals surface area contributed by atoms with Gasteiger partial charge in [-0.1, -0.05) is 0 Å². The molecule has 1 aromatic rings. The minimum Gasteiger partial charge on any atom is -0.404 e. The Labute approximate surface area is 103 Å². The largest absolute Gasteiger partial charge is 0.573 e. The van der Waals surface area contributed by atoms with Gasteiger partial charge in [0.2, 0.25) is 0 Å². The molecule has 18 heavy (non-hydrogen) atoms. The van der Waals surface area contributed by atoms with Crippen molar-refractivity contribution in [3.05, 3.63) is 23.0 Å². The Balaban J connectivity index is 3.33. The van der Waals surface area contributed by atoms with Crippen LogP contribution in [0.3, 0.4) is 0 Å². The number of ether oxygens (including phenoxy) is 1. The van der Waals surface area contributed by atoms with E-state index < -0.39 is 29.9 Å². The minimum atomic E-state index is -5.14. The monoisotopic (exact) mass is 289 g/mol. The summed E-state index contributed by atoms with van der Waals surface area (Å²) in [6.07, 6.45) is -8.33. The van der Waals surface area contributed by atoms with Gasteiger partial charge in [-0.25, -0.2) is 13.8 Å². The van der Waals surface area contributed by atoms with Gasteiger partial charge in [-0.15, -0.1) is 24.8 Å². The quantitative estimate of drug-likeness (QED) is 0.484. The highest BCUT2D eigenvalue weighted by Crippen LogP contribution is 2.33. The molecule has 0 amide bonds. The van der Waals surface area contributed by atoms with E-state index in [1.165, 1.54) is 0 Å². The highest BCUT2D eigenvalue weighted by Gasteiger charge is 2.34. The lowest BCUT2D eigenvalue weighted by Gasteiger charge is -2.14. The molecule has 0 spiro atoms. The molecule has 1 heterocycles. The van der Waals surface area contributed by atoms with Crippen molar-refractivity contribution in [2.75, 3.05) is 0 Å². The topological polar surface area (TPSA) is 39.2 Å². The molecular weight excluding hydrogens is 285 g/mol. The number of nitrogens with zero attached hydrogens (tertiary/aromatic N) is 1. The number of hydrogen-bond donors (Lipinski definition) is 0. The van der Waals surface area contributed by atoms with E-state index in [1.54, 1.807) is 0 Å². The summed E-state index contributed by atoms with van der Waals surface area (Å²) in [5, 5.41) is 0. The molecule has 3 nitrogen and oxygen atoms in total. The number of halogens is 6. The fraction of sp³-hybridized carbons (Fsp3) is 0.333. The number of rotatable bonds is 4. The predicted molar refractivity (Wildman–Crippen MR) is 50.8 cm³/mol. The molecule has 9 heteroatoms. The number of aldehydes is 1. The van der Waals surface area contributed by atoms with Gasteiger partial charge in [-0.2, -0.15) is 0 Å². The summed E-state index contributed by atoms with van der Waals surface area (Å²) < 4.78 is 64.4. The van der Waals surface area contributed by atoms with Crippen LogP contribution in [-0.2, 0) is 5.88 Å². The molecule has 0 N–H and O–H groups in total. The van der Waals surface area contributed by atoms with Crippen LogP contribution in [0.4, 0.5) is 22.0 Å². The maximum absolute atomic E-state index is 12.5. The Bertz CT molecular complexity index is 449. The molecule has 0 unspecified atom stereocenters. The highest BCUT2D eigenvalue weighted by molar-refractivity contribution is 6.17. The van der Waals surface area contributed by atoms with Crippen LogP contribution in [0.1, 0.15) is 28.2 Å². The van der Waals surface area contributed by atoms with Gasteiger partial charge in [0.05, 0.1) is 0 Å². The summed E-state index contributed by atoms with van der Waals surface area (Å²) in [6.45, 7) is 0. The van der Waals surface area contributed by atoms with Gasteiger partial charge in [0.15, 0.2) is 12.0 Å². The van der Waals surface area contributed by atoms with E-state index in [-0.39, 0.29) is 17.7 Å². The van der Waals surface area contributed by atoms with Crippen molar-refractivity contribution in [3.63, 3.8) is 0 Å². The molecule has 0 aliphatic heterocycles. The maximum Gasteiger partial charge on any atom is 0.573 e. The summed E-state index contributed by atoms with van der Waals surface area (Å²) in [6, 6.07) is 0.624. The van der Waals surface area contributed by atoms with Crippen molar-refractivity contribution in [2.45, 2.75) is 18.7 Å². The molecule has 0 aliphatic carbocycles. The van der Waals surface area contributed by atoms with E-state index in [2.05, 4.69) is 9.72 Å². The molecule has 0 fully saturated rings. The van der Waals surface area contributed by atoms with Crippen LogP contribution >= 0.6 is 11.6 Å². The third-order valence-electron chi connectivity index (χ3n) is 1.82. The van der Waals surface area contributed by atoms with Gasteiger partial charge in [0.25, 0.3) is 6.43 Å². The second kappa shape index (κ2) is 5.47. The smallest absolute Gasteiger partial charge is 0.404 e. The van der Waals surface area contributed by atoms with Crippen molar-refractivity contribution in [1.29, 1.82) is 0 Å². The van der Waals surface area contributed by atoms with Crippen LogP contribution in [0, 0.1) is 0 Å². The fourth-order valence-corrected chi connectivity index (χ4v) is 1.35. The zero-order chi connectivity index (χ0) is 13.9. The molecule has 0 aromatic carbocycles. The Kier molecular flexibility index (Phi) is 4.44. The lowest BCUT2D eigenvalue weighted by molar-refractivity contribution is -0.275. The molecule has 0 radical (unpaired) electrons. The average Bonchev–Trinajstić information content (AvgIpc) is 2.25. The first-order valence-electron chi connectivity index (χ1n) is 4.37. The summed E-state index contributed by atoms with van der Waals surface area (Å²) in [5.74, 6) is -1.53. The lowest BCUT2D eigenvalue weighted by Crippen LogP contribution is -2.19. The number of pyridine rings is 1. The second-order valence-electron chi connectivity index (χ2n) is 3.02. The predicted octanol–water partition coefficient (Wildman–Crippen LogP) is 3.47. The standard InChI is InChI=1S/C9H5ClF5NO2/c10-2-4-1-6(18-9(13,14)15)7(8(11)12)16-5(4)3-17/h1,3,8H,2H2. The van der Waals surface area contributed by atoms with Crippen LogP contribution in [0.5, 0.6) is 5.75 Å². The van der Waals surface area contributed by atoms with Gasteiger partial charge < -0.3 is 4.74 Å². The SMILES string of the molecule is O=Cc1nc(C(F)F)c(OC(F)(F)F)cc1CCl. The Morgan fingerprint density at radius 1 is 1.44 bits per heavy atom. The van der Waals surface area contributed by atoms with Crippen LogP contribution in [-0.4, -0.2) is 17.6 Å². The number of alkyl halides is 6. The first-order chi connectivity index (χ1) is 8.28. The fourth-order valence-electron chi connectivity index (χ4n) is 1.13. The third kappa shape index (κ3) is 3.52. The van der Waals surface area contributed by atoms with E-state index in [9.17, 15) is 26.7 Å². The third-order valence-corrected chi connectivity index (χ3v) is 2.10. The maximum atomic E-state index is 12.5. The highest BCUT2D eigenvalue weighted by atomic mass is 35.5. The Morgan fingerprint density at radius 3 is 2.44 bits per heavy atom. The number of aromatic nitrogens is 1. The average molecular weight is 290 g/mol. The second-order valence-corrected chi connectivity index (χ2v) is 3.28. The molecule has 0 aliphatic rings. The number of hydrogen-bond acceptors (Lipinski definition) is 3. The zero-order valence-corrected chi connectivity index (χ0v) is 9.23. The van der Waals surface area contributed by atoms with Gasteiger partial charge in [-0.3, -0.25) is 4.79 Å². The van der Waals surface area contributed by atoms with E-state index >= 15 is 0 Å². The summed E-state index contributed by atoms with van der Waals surface area (Å²) in [5.41, 5.74) is -1.84. The van der Waals surface area contributed by atoms with E-state index in [0.717, 1.165) is 0 Å². The van der Waals surface area contributed by atoms with Crippen molar-refractivity contribution >= 4 is 17.9 Å². The van der Waals surface area contributed by atoms with Crippen molar-refractivity contribution in [2.24, 2.45) is 0 Å². The molecule has 100 valence electrons. The first-order valence-corrected chi connectivity index (χ1v) is 4.90. The zero-order valence-electron chi connectivity index (χ0n) is 8.47. The Morgan fingerprint density at radius 2 is 2.06 bits per heavy atom. The van der Waals surface area contributed by atoms with Gasteiger partial charge >= 0.3 is 6.36 Å². The molecule has 1 aromatic heterocycles. The molecular formula is C9H5ClF5NO2. The van der Waals surface area contributed by atoms with Crippen LogP contribution in [0.15, 0.2) is 6.07 Å². The van der Waals surface area contributed by atoms with E-state index in [0.29, 0.717) is 6.07 Å². The van der Waals surface area contributed by atoms with Gasteiger partial charge in [0, 0.05) is 5.88 Å². The van der Waals surface area contributed by atoms with Crippen LogP contribution < -0.4 is 4.74 Å². The first kappa shape index (κ1) is 14.6. The molecule has 0 saturated carbocycles. The molecule has 0 saturated heterocycles. The van der Waals surface area contributed by atoms with Crippen molar-refractivity contribution in [1.82, 2.24) is 4.98 Å². The van der Waals surface area contributed by atoms with Crippen LogP contribution in [0.25, 0.3) is 0 Å². The normalized spacial score (nSPS) is 11.7. The van der Waals surface area contributed by atoms with E-state index in [4.69, 9.17) is 11.6 Å². The molecule has 1 rings (SSSR count). The van der Waals surface area contributed by atoms with Crippen molar-refractivity contribution < 1.29 is 31.5 Å². The molecule has 0 bridgehead atoms. The minimum absolute atomic E-state index is 0.126. The lowest BCUT2D eigenvalue weighted by atomic mass is 10.2.